The number of hydrogen-bond donors (Lipinski definition) is 0. The van der Waals surface area contributed by atoms with Crippen molar-refractivity contribution in [3.63, 3.8) is 0 Å². The maximum atomic E-state index is 12.7. The highest BCUT2D eigenvalue weighted by atomic mass is 35.5. The number of nitrogens with zero attached hydrogens (tertiary/aromatic N) is 3. The molecule has 0 aliphatic rings. The maximum Gasteiger partial charge on any atom is 0.431 e. The van der Waals surface area contributed by atoms with Crippen LogP contribution in [0.4, 0.5) is 13.2 Å². The van der Waals surface area contributed by atoms with Crippen LogP contribution in [0, 0.1) is 11.3 Å². The van der Waals surface area contributed by atoms with E-state index in [2.05, 4.69) is 0 Å². The number of rotatable bonds is 1. The van der Waals surface area contributed by atoms with E-state index in [1.807, 2.05) is 0 Å². The normalized spacial score (nSPS) is 11.3. The molecule has 114 valence electrons. The van der Waals surface area contributed by atoms with E-state index in [4.69, 9.17) is 16.9 Å². The van der Waals surface area contributed by atoms with Crippen LogP contribution in [0.5, 0.6) is 0 Å². The zero-order valence-electron chi connectivity index (χ0n) is 11.0. The molecule has 5 nitrogen and oxygen atoms in total. The van der Waals surface area contributed by atoms with Gasteiger partial charge in [0.1, 0.15) is 11.8 Å². The molecule has 22 heavy (non-hydrogen) atoms. The standard InChI is InChI=1S/C13H7ClF3N3O2/c1-19-10(13(15,16)17)5-11(21)20(12(19)22)8-3-2-7(6-18)9(14)4-8/h2-5H,1H3. The molecular weight excluding hydrogens is 323 g/mol. The number of aromatic nitrogens is 2. The Bertz CT molecular complexity index is 907. The Labute approximate surface area is 126 Å². The average molecular weight is 330 g/mol. The first-order valence-corrected chi connectivity index (χ1v) is 6.15. The van der Waals surface area contributed by atoms with Crippen LogP contribution in [0.1, 0.15) is 11.3 Å². The van der Waals surface area contributed by atoms with Gasteiger partial charge < -0.3 is 0 Å². The van der Waals surface area contributed by atoms with Crippen LogP contribution in [-0.4, -0.2) is 9.13 Å². The highest BCUT2D eigenvalue weighted by Gasteiger charge is 2.35. The van der Waals surface area contributed by atoms with Crippen molar-refractivity contribution in [2.75, 3.05) is 0 Å². The Hall–Kier alpha value is -2.53. The summed E-state index contributed by atoms with van der Waals surface area (Å²) in [6.07, 6.45) is -4.82. The Kier molecular flexibility index (Phi) is 3.85. The fourth-order valence-corrected chi connectivity index (χ4v) is 2.09. The fourth-order valence-electron chi connectivity index (χ4n) is 1.87. The lowest BCUT2D eigenvalue weighted by Gasteiger charge is -2.14. The number of benzene rings is 1. The van der Waals surface area contributed by atoms with Crippen molar-refractivity contribution in [1.29, 1.82) is 5.26 Å². The van der Waals surface area contributed by atoms with Gasteiger partial charge in [0.2, 0.25) is 0 Å². The molecule has 1 aromatic heterocycles. The SMILES string of the molecule is Cn1c(C(F)(F)F)cc(=O)n(-c2ccc(C#N)c(Cl)c2)c1=O. The third-order valence-corrected chi connectivity index (χ3v) is 3.25. The largest absolute Gasteiger partial charge is 0.431 e. The molecule has 0 saturated heterocycles. The zero-order chi connectivity index (χ0) is 16.7. The molecule has 0 fully saturated rings. The third-order valence-electron chi connectivity index (χ3n) is 2.94. The molecule has 0 bridgehead atoms. The van der Waals surface area contributed by atoms with E-state index in [0.29, 0.717) is 15.2 Å². The first kappa shape index (κ1) is 15.9. The van der Waals surface area contributed by atoms with Crippen molar-refractivity contribution in [2.24, 2.45) is 7.05 Å². The van der Waals surface area contributed by atoms with Crippen LogP contribution in [0.3, 0.4) is 0 Å². The minimum absolute atomic E-state index is 0.0196. The van der Waals surface area contributed by atoms with E-state index in [1.165, 1.54) is 12.1 Å². The quantitative estimate of drug-likeness (QED) is 0.804. The summed E-state index contributed by atoms with van der Waals surface area (Å²) in [5.74, 6) is 0. The Balaban J connectivity index is 2.77. The second kappa shape index (κ2) is 5.35. The van der Waals surface area contributed by atoms with Gasteiger partial charge in [-0.15, -0.1) is 0 Å². The maximum absolute atomic E-state index is 12.7. The Morgan fingerprint density at radius 3 is 2.36 bits per heavy atom. The lowest BCUT2D eigenvalue weighted by Crippen LogP contribution is -2.40. The minimum Gasteiger partial charge on any atom is -0.292 e. The van der Waals surface area contributed by atoms with Gasteiger partial charge in [-0.2, -0.15) is 18.4 Å². The summed E-state index contributed by atoms with van der Waals surface area (Å²) in [5, 5.41) is 8.75. The van der Waals surface area contributed by atoms with Gasteiger partial charge in [0.15, 0.2) is 0 Å². The van der Waals surface area contributed by atoms with Gasteiger partial charge in [-0.1, -0.05) is 11.6 Å². The highest BCUT2D eigenvalue weighted by molar-refractivity contribution is 6.31. The molecule has 0 amide bonds. The molecule has 0 saturated carbocycles. The summed E-state index contributed by atoms with van der Waals surface area (Å²) >= 11 is 5.80. The summed E-state index contributed by atoms with van der Waals surface area (Å²) in [6.45, 7) is 0. The van der Waals surface area contributed by atoms with Crippen molar-refractivity contribution in [3.05, 3.63) is 61.4 Å². The van der Waals surface area contributed by atoms with Crippen LogP contribution in [0.2, 0.25) is 5.02 Å². The van der Waals surface area contributed by atoms with Crippen LogP contribution in [0.25, 0.3) is 5.69 Å². The lowest BCUT2D eigenvalue weighted by atomic mass is 10.2. The van der Waals surface area contributed by atoms with Crippen molar-refractivity contribution < 1.29 is 13.2 Å². The van der Waals surface area contributed by atoms with Gasteiger partial charge in [-0.3, -0.25) is 9.36 Å². The predicted molar refractivity (Wildman–Crippen MR) is 72.0 cm³/mol. The van der Waals surface area contributed by atoms with Crippen LogP contribution < -0.4 is 11.2 Å². The molecule has 0 unspecified atom stereocenters. The molecule has 2 aromatic rings. The number of nitriles is 1. The van der Waals surface area contributed by atoms with Gasteiger partial charge in [-0.25, -0.2) is 9.36 Å². The topological polar surface area (TPSA) is 67.8 Å². The predicted octanol–water partition coefficient (Wildman–Crippen LogP) is 2.08. The lowest BCUT2D eigenvalue weighted by molar-refractivity contribution is -0.144. The molecular formula is C13H7ClF3N3O2. The average Bonchev–Trinajstić information content (AvgIpc) is 2.42. The van der Waals surface area contributed by atoms with Gasteiger partial charge in [0.05, 0.1) is 16.3 Å². The van der Waals surface area contributed by atoms with Crippen LogP contribution in [0.15, 0.2) is 33.9 Å². The molecule has 0 atom stereocenters. The second-order valence-corrected chi connectivity index (χ2v) is 4.73. The molecule has 0 radical (unpaired) electrons. The number of alkyl halides is 3. The molecule has 9 heteroatoms. The zero-order valence-corrected chi connectivity index (χ0v) is 11.7. The van der Waals surface area contributed by atoms with E-state index in [1.54, 1.807) is 6.07 Å². The Morgan fingerprint density at radius 1 is 1.23 bits per heavy atom. The van der Waals surface area contributed by atoms with Crippen LogP contribution >= 0.6 is 11.6 Å². The molecule has 2 rings (SSSR count). The summed E-state index contributed by atoms with van der Waals surface area (Å²) < 4.78 is 39.1. The smallest absolute Gasteiger partial charge is 0.292 e. The van der Waals surface area contributed by atoms with Crippen molar-refractivity contribution in [3.8, 4) is 11.8 Å². The molecule has 0 aliphatic heterocycles. The second-order valence-electron chi connectivity index (χ2n) is 4.32. The van der Waals surface area contributed by atoms with Crippen molar-refractivity contribution >= 4 is 11.6 Å². The van der Waals surface area contributed by atoms with E-state index < -0.39 is 23.1 Å². The van der Waals surface area contributed by atoms with Crippen molar-refractivity contribution in [2.45, 2.75) is 6.18 Å². The minimum atomic E-state index is -4.82. The first-order valence-electron chi connectivity index (χ1n) is 5.77. The summed E-state index contributed by atoms with van der Waals surface area (Å²) in [5.41, 5.74) is -3.57. The fraction of sp³-hybridized carbons (Fsp3) is 0.154. The van der Waals surface area contributed by atoms with Gasteiger partial charge >= 0.3 is 11.9 Å². The highest BCUT2D eigenvalue weighted by Crippen LogP contribution is 2.27. The van der Waals surface area contributed by atoms with E-state index in [0.717, 1.165) is 13.1 Å². The van der Waals surface area contributed by atoms with Crippen molar-refractivity contribution in [1.82, 2.24) is 9.13 Å². The molecule has 1 aromatic carbocycles. The Morgan fingerprint density at radius 2 is 1.86 bits per heavy atom. The molecule has 0 spiro atoms. The van der Waals surface area contributed by atoms with E-state index in [9.17, 15) is 22.8 Å². The third kappa shape index (κ3) is 2.63. The first-order chi connectivity index (χ1) is 10.2. The van der Waals surface area contributed by atoms with E-state index in [-0.39, 0.29) is 16.3 Å². The summed E-state index contributed by atoms with van der Waals surface area (Å²) in [4.78, 5) is 23.9. The van der Waals surface area contributed by atoms with Gasteiger partial charge in [0, 0.05) is 13.1 Å². The van der Waals surface area contributed by atoms with Gasteiger partial charge in [-0.05, 0) is 18.2 Å². The van der Waals surface area contributed by atoms with E-state index >= 15 is 0 Å². The number of halogens is 4. The molecule has 0 N–H and O–H groups in total. The number of hydrogen-bond acceptors (Lipinski definition) is 3. The van der Waals surface area contributed by atoms with Crippen LogP contribution in [-0.2, 0) is 13.2 Å². The molecule has 0 aliphatic carbocycles. The van der Waals surface area contributed by atoms with Gasteiger partial charge in [0.25, 0.3) is 5.56 Å². The molecule has 1 heterocycles. The monoisotopic (exact) mass is 329 g/mol. The summed E-state index contributed by atoms with van der Waals surface area (Å²) in [7, 11) is 0.909. The summed E-state index contributed by atoms with van der Waals surface area (Å²) in [6, 6.07) is 5.80.